The van der Waals surface area contributed by atoms with Crippen molar-refractivity contribution in [2.75, 3.05) is 32.0 Å². The molecule has 1 atom stereocenters. The number of pyridine rings is 1. The van der Waals surface area contributed by atoms with Gasteiger partial charge >= 0.3 is 6.09 Å². The fourth-order valence-electron chi connectivity index (χ4n) is 3.21. The van der Waals surface area contributed by atoms with Crippen molar-refractivity contribution in [2.24, 2.45) is 0 Å². The molecule has 0 aromatic carbocycles. The molecule has 3 N–H and O–H groups in total. The Labute approximate surface area is 169 Å². The molecule has 1 fully saturated rings. The van der Waals surface area contributed by atoms with Crippen molar-refractivity contribution in [3.8, 4) is 17.3 Å². The molecule has 1 amide bonds. The monoisotopic (exact) mass is 423 g/mol. The fourth-order valence-corrected chi connectivity index (χ4v) is 3.39. The molecule has 0 aliphatic carbocycles. The number of hydrogen-bond acceptors (Lipinski definition) is 9. The SMILES string of the molecule is CCn1c(-c2nonc2N)nc2c(Cl)ncc(OCC3CN(C(=O)O)CCO3)c21. The maximum absolute atomic E-state index is 11.2. The second-order valence-electron chi connectivity index (χ2n) is 6.32. The van der Waals surface area contributed by atoms with E-state index in [0.29, 0.717) is 42.3 Å². The van der Waals surface area contributed by atoms with Gasteiger partial charge in [0.1, 0.15) is 23.7 Å². The Morgan fingerprint density at radius 1 is 1.48 bits per heavy atom. The number of nitrogens with zero attached hydrogens (tertiary/aromatic N) is 6. The lowest BCUT2D eigenvalue weighted by Gasteiger charge is -2.30. The highest BCUT2D eigenvalue weighted by Gasteiger charge is 2.26. The topological polar surface area (TPSA) is 155 Å². The second-order valence-corrected chi connectivity index (χ2v) is 6.68. The Hall–Kier alpha value is -3.12. The fraction of sp³-hybridized carbons (Fsp3) is 0.438. The summed E-state index contributed by atoms with van der Waals surface area (Å²) in [5.41, 5.74) is 7.13. The number of aromatic nitrogens is 5. The lowest BCUT2D eigenvalue weighted by atomic mass is 10.3. The number of aryl methyl sites for hydroxylation is 1. The molecule has 3 aromatic heterocycles. The highest BCUT2D eigenvalue weighted by molar-refractivity contribution is 6.34. The zero-order chi connectivity index (χ0) is 20.5. The number of rotatable bonds is 5. The maximum atomic E-state index is 11.2. The van der Waals surface area contributed by atoms with E-state index < -0.39 is 12.2 Å². The van der Waals surface area contributed by atoms with Crippen molar-refractivity contribution in [1.82, 2.24) is 29.7 Å². The van der Waals surface area contributed by atoms with E-state index in [1.165, 1.54) is 11.1 Å². The molecule has 154 valence electrons. The molecule has 12 nitrogen and oxygen atoms in total. The van der Waals surface area contributed by atoms with Gasteiger partial charge in [-0.3, -0.25) is 0 Å². The predicted octanol–water partition coefficient (Wildman–Crippen LogP) is 1.49. The van der Waals surface area contributed by atoms with E-state index >= 15 is 0 Å². The largest absolute Gasteiger partial charge is 0.487 e. The van der Waals surface area contributed by atoms with Crippen LogP contribution in [0.2, 0.25) is 5.15 Å². The van der Waals surface area contributed by atoms with Gasteiger partial charge in [0.25, 0.3) is 0 Å². The number of carboxylic acid groups (broad SMARTS) is 1. The molecule has 1 aliphatic rings. The van der Waals surface area contributed by atoms with Gasteiger partial charge in [0.05, 0.1) is 19.3 Å². The van der Waals surface area contributed by atoms with Crippen LogP contribution in [0.25, 0.3) is 22.6 Å². The maximum Gasteiger partial charge on any atom is 0.407 e. The Morgan fingerprint density at radius 3 is 3.00 bits per heavy atom. The first-order valence-electron chi connectivity index (χ1n) is 8.85. The number of nitrogen functional groups attached to an aromatic ring is 1. The molecule has 1 saturated heterocycles. The zero-order valence-corrected chi connectivity index (χ0v) is 16.2. The van der Waals surface area contributed by atoms with Gasteiger partial charge in [-0.1, -0.05) is 11.6 Å². The van der Waals surface area contributed by atoms with Crippen molar-refractivity contribution in [1.29, 1.82) is 0 Å². The molecule has 4 heterocycles. The smallest absolute Gasteiger partial charge is 0.407 e. The lowest BCUT2D eigenvalue weighted by Crippen LogP contribution is -2.47. The number of amides is 1. The average Bonchev–Trinajstić information content (AvgIpc) is 3.31. The Balaban J connectivity index is 1.66. The van der Waals surface area contributed by atoms with Crippen LogP contribution in [-0.4, -0.2) is 73.4 Å². The van der Waals surface area contributed by atoms with Crippen LogP contribution in [0.5, 0.6) is 5.75 Å². The van der Waals surface area contributed by atoms with Crippen molar-refractivity contribution < 1.29 is 24.0 Å². The van der Waals surface area contributed by atoms with Gasteiger partial charge < -0.3 is 29.8 Å². The molecule has 3 aromatic rings. The highest BCUT2D eigenvalue weighted by atomic mass is 35.5. The zero-order valence-electron chi connectivity index (χ0n) is 15.4. The molecule has 4 rings (SSSR count). The summed E-state index contributed by atoms with van der Waals surface area (Å²) in [6.45, 7) is 3.43. The van der Waals surface area contributed by atoms with E-state index in [4.69, 9.17) is 31.9 Å². The highest BCUT2D eigenvalue weighted by Crippen LogP contribution is 2.34. The van der Waals surface area contributed by atoms with Crippen LogP contribution in [0.4, 0.5) is 10.6 Å². The number of carbonyl (C=O) groups is 1. The van der Waals surface area contributed by atoms with Crippen LogP contribution >= 0.6 is 11.6 Å². The minimum Gasteiger partial charge on any atom is -0.487 e. The van der Waals surface area contributed by atoms with Crippen LogP contribution in [0.1, 0.15) is 6.92 Å². The molecule has 1 aliphatic heterocycles. The number of morpholine rings is 1. The summed E-state index contributed by atoms with van der Waals surface area (Å²) >= 11 is 6.25. The van der Waals surface area contributed by atoms with Gasteiger partial charge in [0.15, 0.2) is 28.2 Å². The summed E-state index contributed by atoms with van der Waals surface area (Å²) in [6, 6.07) is 0. The average molecular weight is 424 g/mol. The van der Waals surface area contributed by atoms with Crippen LogP contribution < -0.4 is 10.5 Å². The Morgan fingerprint density at radius 2 is 2.31 bits per heavy atom. The summed E-state index contributed by atoms with van der Waals surface area (Å²) in [5.74, 6) is 0.953. The van der Waals surface area contributed by atoms with Gasteiger partial charge in [-0.05, 0) is 17.2 Å². The van der Waals surface area contributed by atoms with Crippen LogP contribution in [0, 0.1) is 0 Å². The number of halogens is 1. The first-order chi connectivity index (χ1) is 14.0. The van der Waals surface area contributed by atoms with E-state index in [9.17, 15) is 4.79 Å². The number of imidazole rings is 1. The quantitative estimate of drug-likeness (QED) is 0.576. The van der Waals surface area contributed by atoms with Crippen molar-refractivity contribution in [2.45, 2.75) is 19.6 Å². The normalized spacial score (nSPS) is 17.0. The predicted molar refractivity (Wildman–Crippen MR) is 101 cm³/mol. The molecule has 0 spiro atoms. The molecule has 0 saturated carbocycles. The van der Waals surface area contributed by atoms with Gasteiger partial charge in [0, 0.05) is 13.1 Å². The number of fused-ring (bicyclic) bond motifs is 1. The standard InChI is InChI=1S/C16H18ClN7O5/c1-2-24-12-9(28-7-8-6-23(16(25)26)3-4-27-8)5-19-13(17)10(12)20-15(24)11-14(18)22-29-21-11/h5,8H,2-4,6-7H2,1H3,(H2,18,22)(H,25,26). The molecule has 1 unspecified atom stereocenters. The van der Waals surface area contributed by atoms with E-state index in [-0.39, 0.29) is 29.8 Å². The molecular weight excluding hydrogens is 406 g/mol. The van der Waals surface area contributed by atoms with Gasteiger partial charge in [-0.15, -0.1) is 0 Å². The van der Waals surface area contributed by atoms with Gasteiger partial charge in [0.2, 0.25) is 0 Å². The van der Waals surface area contributed by atoms with Crippen molar-refractivity contribution >= 4 is 34.5 Å². The summed E-state index contributed by atoms with van der Waals surface area (Å²) in [7, 11) is 0. The van der Waals surface area contributed by atoms with E-state index in [2.05, 4.69) is 24.9 Å². The summed E-state index contributed by atoms with van der Waals surface area (Å²) in [4.78, 5) is 21.1. The van der Waals surface area contributed by atoms with Crippen LogP contribution in [0.15, 0.2) is 10.8 Å². The van der Waals surface area contributed by atoms with Gasteiger partial charge in [-0.25, -0.2) is 19.4 Å². The summed E-state index contributed by atoms with van der Waals surface area (Å²) in [6.07, 6.45) is 0.101. The van der Waals surface area contributed by atoms with Crippen molar-refractivity contribution in [3.05, 3.63) is 11.3 Å². The van der Waals surface area contributed by atoms with E-state index in [1.807, 2.05) is 11.5 Å². The van der Waals surface area contributed by atoms with Crippen LogP contribution in [-0.2, 0) is 11.3 Å². The second kappa shape index (κ2) is 7.72. The molecule has 0 bridgehead atoms. The molecule has 0 radical (unpaired) electrons. The molecule has 29 heavy (non-hydrogen) atoms. The first-order valence-corrected chi connectivity index (χ1v) is 9.22. The number of nitrogens with two attached hydrogens (primary N) is 1. The van der Waals surface area contributed by atoms with E-state index in [1.54, 1.807) is 0 Å². The molecule has 13 heteroatoms. The number of anilines is 1. The van der Waals surface area contributed by atoms with E-state index in [0.717, 1.165) is 0 Å². The summed E-state index contributed by atoms with van der Waals surface area (Å²) in [5, 5.41) is 16.8. The third-order valence-corrected chi connectivity index (χ3v) is 4.84. The minimum atomic E-state index is -0.985. The number of hydrogen-bond donors (Lipinski definition) is 2. The van der Waals surface area contributed by atoms with Crippen LogP contribution in [0.3, 0.4) is 0 Å². The lowest BCUT2D eigenvalue weighted by molar-refractivity contribution is -0.0410. The summed E-state index contributed by atoms with van der Waals surface area (Å²) < 4.78 is 18.0. The number of ether oxygens (including phenoxy) is 2. The first kappa shape index (κ1) is 19.2. The minimum absolute atomic E-state index is 0.103. The molecular formula is C16H18ClN7O5. The third kappa shape index (κ3) is 3.51. The van der Waals surface area contributed by atoms with Crippen molar-refractivity contribution in [3.63, 3.8) is 0 Å². The third-order valence-electron chi connectivity index (χ3n) is 4.57. The van der Waals surface area contributed by atoms with Gasteiger partial charge in [-0.2, -0.15) is 0 Å². The Bertz CT molecular complexity index is 1050. The Kier molecular flexibility index (Phi) is 5.11.